The SMILES string of the molecule is CCOc1ccccc1C=C[C@@]12NC(=O)CCN1c1ccc(C)cc1C2(C)C. The number of rotatable bonds is 4. The van der Waals surface area contributed by atoms with Crippen molar-refractivity contribution in [1.82, 2.24) is 5.32 Å². The summed E-state index contributed by atoms with van der Waals surface area (Å²) in [4.78, 5) is 14.9. The Labute approximate surface area is 167 Å². The molecule has 146 valence electrons. The van der Waals surface area contributed by atoms with Crippen molar-refractivity contribution in [2.75, 3.05) is 18.1 Å². The van der Waals surface area contributed by atoms with Crippen LogP contribution in [0.15, 0.2) is 48.5 Å². The topological polar surface area (TPSA) is 41.6 Å². The number of hydrogen-bond donors (Lipinski definition) is 1. The second kappa shape index (κ2) is 6.69. The number of aryl methyl sites for hydroxylation is 1. The van der Waals surface area contributed by atoms with Crippen LogP contribution in [0.5, 0.6) is 5.75 Å². The molecule has 2 aromatic carbocycles. The van der Waals surface area contributed by atoms with Crippen molar-refractivity contribution >= 4 is 17.7 Å². The molecule has 2 heterocycles. The molecule has 1 N–H and O–H groups in total. The quantitative estimate of drug-likeness (QED) is 0.859. The smallest absolute Gasteiger partial charge is 0.223 e. The van der Waals surface area contributed by atoms with Gasteiger partial charge in [-0.25, -0.2) is 0 Å². The normalized spacial score (nSPS) is 22.7. The van der Waals surface area contributed by atoms with Crippen LogP contribution in [0.25, 0.3) is 6.08 Å². The maximum Gasteiger partial charge on any atom is 0.223 e. The number of para-hydroxylation sites is 1. The summed E-state index contributed by atoms with van der Waals surface area (Å²) in [6.07, 6.45) is 4.75. The Balaban J connectivity index is 1.84. The molecule has 0 aliphatic carbocycles. The Morgan fingerprint density at radius 1 is 1.21 bits per heavy atom. The largest absolute Gasteiger partial charge is 0.493 e. The minimum Gasteiger partial charge on any atom is -0.493 e. The fourth-order valence-electron chi connectivity index (χ4n) is 4.58. The van der Waals surface area contributed by atoms with Gasteiger partial charge in [0.15, 0.2) is 0 Å². The van der Waals surface area contributed by atoms with Gasteiger partial charge in [-0.05, 0) is 37.6 Å². The third-order valence-electron chi connectivity index (χ3n) is 6.11. The first-order valence-corrected chi connectivity index (χ1v) is 10.00. The summed E-state index contributed by atoms with van der Waals surface area (Å²) < 4.78 is 5.78. The van der Waals surface area contributed by atoms with E-state index in [1.54, 1.807) is 0 Å². The molecule has 2 aliphatic heterocycles. The molecule has 4 nitrogen and oxygen atoms in total. The van der Waals surface area contributed by atoms with Crippen LogP contribution in [-0.4, -0.2) is 24.7 Å². The maximum absolute atomic E-state index is 12.5. The standard InChI is InChI=1S/C24H28N2O2/c1-5-28-21-9-7-6-8-18(21)12-14-24-23(3,4)19-16-17(2)10-11-20(19)26(24)15-13-22(27)25-24/h6-12,14,16H,5,13,15H2,1-4H3,(H,25,27)/t24-/m1/s1. The lowest BCUT2D eigenvalue weighted by Crippen LogP contribution is -2.68. The van der Waals surface area contributed by atoms with E-state index in [1.165, 1.54) is 16.8 Å². The Morgan fingerprint density at radius 2 is 2.00 bits per heavy atom. The second-order valence-corrected chi connectivity index (χ2v) is 8.17. The van der Waals surface area contributed by atoms with Crippen LogP contribution in [-0.2, 0) is 10.2 Å². The fraction of sp³-hybridized carbons (Fsp3) is 0.375. The number of carbonyl (C=O) groups is 1. The number of ether oxygens (including phenoxy) is 1. The van der Waals surface area contributed by atoms with Gasteiger partial charge in [-0.3, -0.25) is 4.79 Å². The average Bonchev–Trinajstić information content (AvgIpc) is 2.85. The molecule has 1 atom stereocenters. The van der Waals surface area contributed by atoms with Gasteiger partial charge in [-0.15, -0.1) is 0 Å². The predicted octanol–water partition coefficient (Wildman–Crippen LogP) is 4.42. The summed E-state index contributed by atoms with van der Waals surface area (Å²) in [6.45, 7) is 9.87. The van der Waals surface area contributed by atoms with Gasteiger partial charge in [0.05, 0.1) is 6.61 Å². The molecule has 0 bridgehead atoms. The van der Waals surface area contributed by atoms with Gasteiger partial charge in [0.25, 0.3) is 0 Å². The minimum absolute atomic E-state index is 0.0941. The van der Waals surface area contributed by atoms with Crippen molar-refractivity contribution in [1.29, 1.82) is 0 Å². The molecule has 0 saturated carbocycles. The highest BCUT2D eigenvalue weighted by Gasteiger charge is 2.57. The number of amides is 1. The molecule has 28 heavy (non-hydrogen) atoms. The zero-order valence-electron chi connectivity index (χ0n) is 17.1. The number of fused-ring (bicyclic) bond motifs is 3. The molecule has 2 aromatic rings. The highest BCUT2D eigenvalue weighted by molar-refractivity contribution is 5.85. The summed E-state index contributed by atoms with van der Waals surface area (Å²) in [5.41, 5.74) is 3.86. The zero-order valence-corrected chi connectivity index (χ0v) is 17.1. The summed E-state index contributed by atoms with van der Waals surface area (Å²) in [7, 11) is 0. The average molecular weight is 377 g/mol. The zero-order chi connectivity index (χ0) is 19.9. The van der Waals surface area contributed by atoms with Crippen molar-refractivity contribution in [2.45, 2.75) is 45.2 Å². The fourth-order valence-corrected chi connectivity index (χ4v) is 4.58. The Morgan fingerprint density at radius 3 is 2.79 bits per heavy atom. The van der Waals surface area contributed by atoms with Crippen LogP contribution in [0.4, 0.5) is 5.69 Å². The third kappa shape index (κ3) is 2.70. The number of hydrogen-bond acceptors (Lipinski definition) is 3. The molecule has 2 aliphatic rings. The van der Waals surface area contributed by atoms with Crippen molar-refractivity contribution in [2.24, 2.45) is 0 Å². The molecule has 0 aromatic heterocycles. The number of carbonyl (C=O) groups excluding carboxylic acids is 1. The van der Waals surface area contributed by atoms with E-state index >= 15 is 0 Å². The molecule has 1 fully saturated rings. The van der Waals surface area contributed by atoms with E-state index in [0.717, 1.165) is 11.3 Å². The highest BCUT2D eigenvalue weighted by Crippen LogP contribution is 2.52. The second-order valence-electron chi connectivity index (χ2n) is 8.17. The van der Waals surface area contributed by atoms with Gasteiger partial charge in [0.1, 0.15) is 11.4 Å². The van der Waals surface area contributed by atoms with Crippen LogP contribution in [0.1, 0.15) is 43.9 Å². The van der Waals surface area contributed by atoms with E-state index in [0.29, 0.717) is 19.6 Å². The predicted molar refractivity (Wildman–Crippen MR) is 114 cm³/mol. The Hall–Kier alpha value is -2.75. The lowest BCUT2D eigenvalue weighted by molar-refractivity contribution is -0.124. The molecule has 1 saturated heterocycles. The Kier molecular flexibility index (Phi) is 4.45. The van der Waals surface area contributed by atoms with Gasteiger partial charge in [-0.2, -0.15) is 0 Å². The molecule has 4 heteroatoms. The first-order valence-electron chi connectivity index (χ1n) is 10.00. The molecule has 1 amide bonds. The summed E-state index contributed by atoms with van der Waals surface area (Å²) in [5, 5.41) is 3.33. The van der Waals surface area contributed by atoms with Crippen LogP contribution in [0, 0.1) is 6.92 Å². The number of anilines is 1. The summed E-state index contributed by atoms with van der Waals surface area (Å²) >= 11 is 0. The molecule has 0 unspecified atom stereocenters. The van der Waals surface area contributed by atoms with E-state index in [9.17, 15) is 4.79 Å². The van der Waals surface area contributed by atoms with Crippen LogP contribution < -0.4 is 15.0 Å². The first kappa shape index (κ1) is 18.6. The number of nitrogens with zero attached hydrogens (tertiary/aromatic N) is 1. The molecule has 4 rings (SSSR count). The Bertz CT molecular complexity index is 947. The van der Waals surface area contributed by atoms with E-state index in [-0.39, 0.29) is 11.3 Å². The van der Waals surface area contributed by atoms with Crippen molar-refractivity contribution in [3.63, 3.8) is 0 Å². The van der Waals surface area contributed by atoms with Crippen molar-refractivity contribution in [3.8, 4) is 5.75 Å². The van der Waals surface area contributed by atoms with Crippen molar-refractivity contribution in [3.05, 3.63) is 65.2 Å². The van der Waals surface area contributed by atoms with Gasteiger partial charge >= 0.3 is 0 Å². The molecular weight excluding hydrogens is 348 g/mol. The van der Waals surface area contributed by atoms with E-state index in [2.05, 4.69) is 61.3 Å². The van der Waals surface area contributed by atoms with E-state index in [4.69, 9.17) is 4.74 Å². The molecule has 0 spiro atoms. The molecule has 0 radical (unpaired) electrons. The van der Waals surface area contributed by atoms with Gasteiger partial charge < -0.3 is 15.0 Å². The lowest BCUT2D eigenvalue weighted by atomic mass is 9.74. The van der Waals surface area contributed by atoms with Gasteiger partial charge in [0, 0.05) is 29.6 Å². The monoisotopic (exact) mass is 376 g/mol. The number of benzene rings is 2. The highest BCUT2D eigenvalue weighted by atomic mass is 16.5. The van der Waals surface area contributed by atoms with E-state index in [1.807, 2.05) is 31.2 Å². The maximum atomic E-state index is 12.5. The summed E-state index contributed by atoms with van der Waals surface area (Å²) in [5.74, 6) is 0.951. The van der Waals surface area contributed by atoms with Crippen LogP contribution in [0.3, 0.4) is 0 Å². The van der Waals surface area contributed by atoms with Gasteiger partial charge in [0.2, 0.25) is 5.91 Å². The number of nitrogens with one attached hydrogen (secondary N) is 1. The van der Waals surface area contributed by atoms with E-state index < -0.39 is 5.66 Å². The summed E-state index contributed by atoms with van der Waals surface area (Å²) in [6, 6.07) is 14.6. The van der Waals surface area contributed by atoms with Crippen molar-refractivity contribution < 1.29 is 9.53 Å². The lowest BCUT2D eigenvalue weighted by Gasteiger charge is -2.49. The first-order chi connectivity index (χ1) is 13.4. The van der Waals surface area contributed by atoms with Gasteiger partial charge in [-0.1, -0.05) is 55.8 Å². The van der Waals surface area contributed by atoms with Crippen LogP contribution in [0.2, 0.25) is 0 Å². The third-order valence-corrected chi connectivity index (χ3v) is 6.11. The minimum atomic E-state index is -0.599. The molecular formula is C24H28N2O2. The van der Waals surface area contributed by atoms with Crippen LogP contribution >= 0.6 is 0 Å².